The van der Waals surface area contributed by atoms with Crippen molar-refractivity contribution in [1.29, 1.82) is 0 Å². The van der Waals surface area contributed by atoms with Crippen molar-refractivity contribution >= 4 is 0 Å². The van der Waals surface area contributed by atoms with E-state index < -0.39 is 5.85 Å². The molecule has 1 rings (SSSR count). The summed E-state index contributed by atoms with van der Waals surface area (Å²) in [4.78, 5) is 0. The molecule has 1 unspecified atom stereocenters. The quantitative estimate of drug-likeness (QED) is 0.542. The Morgan fingerprint density at radius 2 is 2.50 bits per heavy atom. The minimum Gasteiger partial charge on any atom is -0.346 e. The SMILES string of the molecule is [CH2]C1=CC=CC(F)(OC)C1. The molecule has 1 nitrogen and oxygen atoms in total. The highest BCUT2D eigenvalue weighted by molar-refractivity contribution is 5.24. The lowest BCUT2D eigenvalue weighted by molar-refractivity contribution is -0.0782. The first-order valence-corrected chi connectivity index (χ1v) is 3.11. The van der Waals surface area contributed by atoms with Gasteiger partial charge in [0.25, 0.3) is 0 Å². The molecule has 0 spiro atoms. The molecule has 0 bridgehead atoms. The number of hydrogen-bond acceptors (Lipinski definition) is 1. The highest BCUT2D eigenvalue weighted by Gasteiger charge is 2.27. The summed E-state index contributed by atoms with van der Waals surface area (Å²) < 4.78 is 17.8. The molecule has 0 saturated carbocycles. The van der Waals surface area contributed by atoms with E-state index in [1.807, 2.05) is 0 Å². The van der Waals surface area contributed by atoms with Crippen LogP contribution in [-0.2, 0) is 4.74 Å². The summed E-state index contributed by atoms with van der Waals surface area (Å²) in [6.45, 7) is 3.63. The summed E-state index contributed by atoms with van der Waals surface area (Å²) in [5.74, 6) is -1.62. The van der Waals surface area contributed by atoms with Gasteiger partial charge in [0.1, 0.15) is 0 Å². The van der Waals surface area contributed by atoms with E-state index in [1.165, 1.54) is 13.2 Å². The summed E-state index contributed by atoms with van der Waals surface area (Å²) in [6.07, 6.45) is 5.02. The minimum atomic E-state index is -1.62. The van der Waals surface area contributed by atoms with E-state index in [9.17, 15) is 4.39 Å². The first-order valence-electron chi connectivity index (χ1n) is 3.11. The first-order chi connectivity index (χ1) is 4.66. The standard InChI is InChI=1S/C8H10FO/c1-7-4-3-5-8(9,6-7)10-2/h3-5H,1,6H2,2H3. The van der Waals surface area contributed by atoms with Gasteiger partial charge in [-0.3, -0.25) is 0 Å². The third-order valence-corrected chi connectivity index (χ3v) is 1.48. The molecule has 2 heteroatoms. The molecule has 1 aliphatic rings. The predicted octanol–water partition coefficient (Wildman–Crippen LogP) is 2.02. The Labute approximate surface area is 60.2 Å². The molecule has 0 amide bonds. The summed E-state index contributed by atoms with van der Waals surface area (Å²) in [5, 5.41) is 0. The van der Waals surface area contributed by atoms with Gasteiger partial charge in [0.05, 0.1) is 0 Å². The van der Waals surface area contributed by atoms with Gasteiger partial charge in [-0.05, 0) is 13.0 Å². The monoisotopic (exact) mass is 141 g/mol. The third-order valence-electron chi connectivity index (χ3n) is 1.48. The van der Waals surface area contributed by atoms with Crippen LogP contribution in [0.4, 0.5) is 4.39 Å². The van der Waals surface area contributed by atoms with Crippen LogP contribution in [0.15, 0.2) is 23.8 Å². The Kier molecular flexibility index (Phi) is 1.90. The molecular weight excluding hydrogens is 131 g/mol. The predicted molar refractivity (Wildman–Crippen MR) is 38.0 cm³/mol. The average Bonchev–Trinajstić information content (AvgIpc) is 1.88. The van der Waals surface area contributed by atoms with Gasteiger partial charge >= 0.3 is 0 Å². The van der Waals surface area contributed by atoms with Crippen molar-refractivity contribution in [3.8, 4) is 0 Å². The van der Waals surface area contributed by atoms with E-state index in [2.05, 4.69) is 11.7 Å². The second-order valence-corrected chi connectivity index (χ2v) is 2.35. The molecule has 0 aromatic carbocycles. The second kappa shape index (κ2) is 2.54. The number of halogens is 1. The molecule has 0 aliphatic heterocycles. The Hall–Kier alpha value is -0.630. The van der Waals surface area contributed by atoms with Gasteiger partial charge in [-0.15, -0.1) is 0 Å². The Bertz CT molecular complexity index is 184. The van der Waals surface area contributed by atoms with E-state index >= 15 is 0 Å². The fourth-order valence-electron chi connectivity index (χ4n) is 0.896. The molecule has 0 N–H and O–H groups in total. The molecule has 0 aromatic heterocycles. The van der Waals surface area contributed by atoms with Crippen molar-refractivity contribution < 1.29 is 9.13 Å². The number of allylic oxidation sites excluding steroid dienone is 2. The second-order valence-electron chi connectivity index (χ2n) is 2.35. The highest BCUT2D eigenvalue weighted by atomic mass is 19.2. The summed E-state index contributed by atoms with van der Waals surface area (Å²) >= 11 is 0. The highest BCUT2D eigenvalue weighted by Crippen LogP contribution is 2.26. The fraction of sp³-hybridized carbons (Fsp3) is 0.375. The Balaban J connectivity index is 2.71. The molecule has 1 atom stereocenters. The van der Waals surface area contributed by atoms with E-state index in [-0.39, 0.29) is 6.42 Å². The molecule has 0 heterocycles. The topological polar surface area (TPSA) is 9.23 Å². The molecular formula is C8H10FO. The minimum absolute atomic E-state index is 0.236. The molecule has 1 aliphatic carbocycles. The molecule has 0 fully saturated rings. The van der Waals surface area contributed by atoms with Crippen LogP contribution in [0.2, 0.25) is 0 Å². The summed E-state index contributed by atoms with van der Waals surface area (Å²) in [5.41, 5.74) is 0.756. The number of hydrogen-bond donors (Lipinski definition) is 0. The number of alkyl halides is 1. The van der Waals surface area contributed by atoms with Crippen LogP contribution in [0, 0.1) is 6.92 Å². The number of rotatable bonds is 1. The molecule has 0 saturated heterocycles. The Morgan fingerprint density at radius 3 is 2.90 bits per heavy atom. The lowest BCUT2D eigenvalue weighted by Gasteiger charge is -2.22. The van der Waals surface area contributed by atoms with Crippen LogP contribution in [0.3, 0.4) is 0 Å². The zero-order valence-corrected chi connectivity index (χ0v) is 5.93. The lowest BCUT2D eigenvalue weighted by Crippen LogP contribution is -2.24. The third kappa shape index (κ3) is 1.45. The first kappa shape index (κ1) is 7.48. The van der Waals surface area contributed by atoms with Gasteiger partial charge in [0, 0.05) is 13.5 Å². The zero-order valence-electron chi connectivity index (χ0n) is 5.93. The van der Waals surface area contributed by atoms with Crippen LogP contribution < -0.4 is 0 Å². The van der Waals surface area contributed by atoms with Gasteiger partial charge in [-0.1, -0.05) is 17.7 Å². The van der Waals surface area contributed by atoms with Gasteiger partial charge in [-0.2, -0.15) is 0 Å². The van der Waals surface area contributed by atoms with Gasteiger partial charge in [-0.25, -0.2) is 4.39 Å². The Morgan fingerprint density at radius 1 is 1.80 bits per heavy atom. The van der Waals surface area contributed by atoms with E-state index in [0.717, 1.165) is 5.57 Å². The smallest absolute Gasteiger partial charge is 0.232 e. The number of methoxy groups -OCH3 is 1. The van der Waals surface area contributed by atoms with Crippen molar-refractivity contribution in [2.24, 2.45) is 0 Å². The van der Waals surface area contributed by atoms with Crippen molar-refractivity contribution in [3.63, 3.8) is 0 Å². The maximum atomic E-state index is 13.2. The average molecular weight is 141 g/mol. The normalized spacial score (nSPS) is 32.1. The van der Waals surface area contributed by atoms with E-state index in [0.29, 0.717) is 0 Å². The van der Waals surface area contributed by atoms with Crippen LogP contribution in [0.1, 0.15) is 6.42 Å². The van der Waals surface area contributed by atoms with Crippen molar-refractivity contribution in [2.75, 3.05) is 7.11 Å². The van der Waals surface area contributed by atoms with Crippen LogP contribution in [0.25, 0.3) is 0 Å². The molecule has 1 radical (unpaired) electrons. The molecule has 55 valence electrons. The van der Waals surface area contributed by atoms with E-state index in [1.54, 1.807) is 12.2 Å². The number of ether oxygens (including phenoxy) is 1. The maximum Gasteiger partial charge on any atom is 0.232 e. The van der Waals surface area contributed by atoms with Crippen LogP contribution in [0.5, 0.6) is 0 Å². The van der Waals surface area contributed by atoms with Crippen LogP contribution >= 0.6 is 0 Å². The van der Waals surface area contributed by atoms with Crippen molar-refractivity contribution in [2.45, 2.75) is 12.3 Å². The largest absolute Gasteiger partial charge is 0.346 e. The lowest BCUT2D eigenvalue weighted by atomic mass is 10.0. The molecule has 0 aromatic rings. The summed E-state index contributed by atoms with van der Waals surface area (Å²) in [6, 6.07) is 0. The van der Waals surface area contributed by atoms with Crippen molar-refractivity contribution in [1.82, 2.24) is 0 Å². The summed E-state index contributed by atoms with van der Waals surface area (Å²) in [7, 11) is 1.35. The molecule has 10 heavy (non-hydrogen) atoms. The van der Waals surface area contributed by atoms with E-state index in [4.69, 9.17) is 0 Å². The van der Waals surface area contributed by atoms with Crippen molar-refractivity contribution in [3.05, 3.63) is 30.7 Å². The van der Waals surface area contributed by atoms with Gasteiger partial charge in [0.15, 0.2) is 0 Å². The zero-order chi connectivity index (χ0) is 7.61. The fourth-order valence-corrected chi connectivity index (χ4v) is 0.896. The van der Waals surface area contributed by atoms with Gasteiger partial charge in [0.2, 0.25) is 5.85 Å². The van der Waals surface area contributed by atoms with Crippen LogP contribution in [-0.4, -0.2) is 13.0 Å². The maximum absolute atomic E-state index is 13.2. The van der Waals surface area contributed by atoms with Gasteiger partial charge < -0.3 is 4.74 Å².